The molecule has 1 fully saturated rings. The van der Waals surface area contributed by atoms with Crippen LogP contribution in [0.3, 0.4) is 0 Å². The van der Waals surface area contributed by atoms with E-state index in [4.69, 9.17) is 0 Å². The maximum atomic E-state index is 12.7. The number of benzene rings is 1. The first kappa shape index (κ1) is 16.5. The zero-order valence-electron chi connectivity index (χ0n) is 14.2. The lowest BCUT2D eigenvalue weighted by Gasteiger charge is -2.29. The van der Waals surface area contributed by atoms with E-state index in [0.29, 0.717) is 12.1 Å². The largest absolute Gasteiger partial charge is 0.356 e. The van der Waals surface area contributed by atoms with Crippen molar-refractivity contribution >= 4 is 11.7 Å². The summed E-state index contributed by atoms with van der Waals surface area (Å²) < 4.78 is 0. The van der Waals surface area contributed by atoms with Crippen LogP contribution in [0.15, 0.2) is 48.7 Å². The lowest BCUT2D eigenvalue weighted by atomic mass is 10.0. The molecule has 1 aromatic heterocycles. The maximum absolute atomic E-state index is 12.7. The number of amides is 1. The number of piperidine rings is 1. The van der Waals surface area contributed by atoms with Crippen molar-refractivity contribution in [2.45, 2.75) is 32.1 Å². The van der Waals surface area contributed by atoms with Gasteiger partial charge >= 0.3 is 0 Å². The maximum Gasteiger partial charge on any atom is 0.255 e. The summed E-state index contributed by atoms with van der Waals surface area (Å²) in [7, 11) is 0. The van der Waals surface area contributed by atoms with Gasteiger partial charge in [-0.1, -0.05) is 37.3 Å². The van der Waals surface area contributed by atoms with Crippen LogP contribution in [0.4, 0.5) is 5.82 Å². The number of carbonyl (C=O) groups is 1. The minimum atomic E-state index is -0.0357. The van der Waals surface area contributed by atoms with Gasteiger partial charge in [-0.15, -0.1) is 0 Å². The van der Waals surface area contributed by atoms with Gasteiger partial charge in [0.25, 0.3) is 5.91 Å². The number of aromatic nitrogens is 1. The third kappa shape index (κ3) is 3.94. The van der Waals surface area contributed by atoms with Gasteiger partial charge in [0.2, 0.25) is 0 Å². The highest BCUT2D eigenvalue weighted by Gasteiger charge is 2.19. The number of nitrogens with one attached hydrogen (secondary N) is 1. The molecule has 3 rings (SSSR count). The quantitative estimate of drug-likeness (QED) is 0.914. The van der Waals surface area contributed by atoms with Gasteiger partial charge in [-0.05, 0) is 42.9 Å². The highest BCUT2D eigenvalue weighted by atomic mass is 16.1. The first-order valence-corrected chi connectivity index (χ1v) is 8.79. The van der Waals surface area contributed by atoms with Crippen molar-refractivity contribution in [3.05, 3.63) is 59.8 Å². The van der Waals surface area contributed by atoms with Gasteiger partial charge in [-0.25, -0.2) is 4.98 Å². The van der Waals surface area contributed by atoms with Crippen LogP contribution in [-0.2, 0) is 0 Å². The fraction of sp³-hybridized carbons (Fsp3) is 0.400. The molecule has 24 heavy (non-hydrogen) atoms. The number of hydrogen-bond acceptors (Lipinski definition) is 3. The van der Waals surface area contributed by atoms with E-state index >= 15 is 0 Å². The first-order chi connectivity index (χ1) is 11.8. The van der Waals surface area contributed by atoms with Crippen LogP contribution >= 0.6 is 0 Å². The molecule has 1 N–H and O–H groups in total. The van der Waals surface area contributed by atoms with E-state index in [1.54, 1.807) is 6.20 Å². The molecule has 1 amide bonds. The van der Waals surface area contributed by atoms with Crippen molar-refractivity contribution in [2.75, 3.05) is 24.5 Å². The summed E-state index contributed by atoms with van der Waals surface area (Å²) in [6, 6.07) is 14.0. The van der Waals surface area contributed by atoms with Crippen LogP contribution in [0, 0.1) is 0 Å². The molecular weight excluding hydrogens is 298 g/mol. The van der Waals surface area contributed by atoms with Crippen LogP contribution in [0.5, 0.6) is 0 Å². The molecule has 126 valence electrons. The molecule has 0 spiro atoms. The third-order valence-corrected chi connectivity index (χ3v) is 4.62. The molecule has 0 aliphatic carbocycles. The molecule has 1 unspecified atom stereocenters. The molecule has 1 aliphatic heterocycles. The molecule has 1 saturated heterocycles. The number of hydrogen-bond donors (Lipinski definition) is 1. The molecule has 1 aliphatic rings. The van der Waals surface area contributed by atoms with E-state index in [1.807, 2.05) is 30.3 Å². The SMILES string of the molecule is CC(CNC(=O)c1cccnc1N1CCCCC1)c1ccccc1. The standard InChI is InChI=1S/C20H25N3O/c1-16(17-9-4-2-5-10-17)15-22-20(24)18-11-8-12-21-19(18)23-13-6-3-7-14-23/h2,4-5,8-12,16H,3,6-7,13-15H2,1H3,(H,22,24). The Morgan fingerprint density at radius 3 is 2.62 bits per heavy atom. The third-order valence-electron chi connectivity index (χ3n) is 4.62. The first-order valence-electron chi connectivity index (χ1n) is 8.79. The van der Waals surface area contributed by atoms with E-state index in [1.165, 1.54) is 24.8 Å². The summed E-state index contributed by atoms with van der Waals surface area (Å²) >= 11 is 0. The normalized spacial score (nSPS) is 15.8. The minimum Gasteiger partial charge on any atom is -0.356 e. The Bertz CT molecular complexity index is 666. The van der Waals surface area contributed by atoms with Gasteiger partial charge < -0.3 is 10.2 Å². The Hall–Kier alpha value is -2.36. The Morgan fingerprint density at radius 1 is 1.12 bits per heavy atom. The van der Waals surface area contributed by atoms with Crippen molar-refractivity contribution in [3.63, 3.8) is 0 Å². The molecule has 1 atom stereocenters. The van der Waals surface area contributed by atoms with Crippen molar-refractivity contribution in [3.8, 4) is 0 Å². The fourth-order valence-corrected chi connectivity index (χ4v) is 3.17. The van der Waals surface area contributed by atoms with E-state index in [2.05, 4.69) is 34.3 Å². The predicted molar refractivity (Wildman–Crippen MR) is 97.5 cm³/mol. The lowest BCUT2D eigenvalue weighted by Crippen LogP contribution is -2.34. The topological polar surface area (TPSA) is 45.2 Å². The number of anilines is 1. The zero-order valence-corrected chi connectivity index (χ0v) is 14.2. The lowest BCUT2D eigenvalue weighted by molar-refractivity contribution is 0.0951. The van der Waals surface area contributed by atoms with Crippen LogP contribution in [0.25, 0.3) is 0 Å². The van der Waals surface area contributed by atoms with Gasteiger partial charge in [0, 0.05) is 25.8 Å². The van der Waals surface area contributed by atoms with E-state index < -0.39 is 0 Å². The summed E-state index contributed by atoms with van der Waals surface area (Å²) in [6.07, 6.45) is 5.37. The Balaban J connectivity index is 1.67. The van der Waals surface area contributed by atoms with Gasteiger partial charge in [0.05, 0.1) is 5.56 Å². The van der Waals surface area contributed by atoms with Gasteiger partial charge in [-0.3, -0.25) is 4.79 Å². The molecule has 4 nitrogen and oxygen atoms in total. The van der Waals surface area contributed by atoms with E-state index in [9.17, 15) is 4.79 Å². The second-order valence-electron chi connectivity index (χ2n) is 6.44. The Labute approximate surface area is 143 Å². The molecular formula is C20H25N3O. The molecule has 2 heterocycles. The highest BCUT2D eigenvalue weighted by Crippen LogP contribution is 2.22. The Kier molecular flexibility index (Phi) is 5.47. The van der Waals surface area contributed by atoms with Gasteiger partial charge in [0.15, 0.2) is 0 Å². The number of nitrogens with zero attached hydrogens (tertiary/aromatic N) is 2. The molecule has 1 aromatic carbocycles. The van der Waals surface area contributed by atoms with Gasteiger partial charge in [-0.2, -0.15) is 0 Å². The number of pyridine rings is 1. The number of rotatable bonds is 5. The molecule has 0 radical (unpaired) electrons. The number of carbonyl (C=O) groups excluding carboxylic acids is 1. The summed E-state index contributed by atoms with van der Waals surface area (Å²) in [6.45, 7) is 4.72. The van der Waals surface area contributed by atoms with Crippen LogP contribution in [0.1, 0.15) is 48.0 Å². The van der Waals surface area contributed by atoms with Crippen molar-refractivity contribution in [1.29, 1.82) is 0 Å². The second-order valence-corrected chi connectivity index (χ2v) is 6.44. The van der Waals surface area contributed by atoms with E-state index in [0.717, 1.165) is 18.9 Å². The predicted octanol–water partition coefficient (Wildman–Crippen LogP) is 3.61. The summed E-state index contributed by atoms with van der Waals surface area (Å²) in [5.74, 6) is 1.07. The minimum absolute atomic E-state index is 0.0357. The van der Waals surface area contributed by atoms with Gasteiger partial charge in [0.1, 0.15) is 5.82 Å². The summed E-state index contributed by atoms with van der Waals surface area (Å²) in [4.78, 5) is 19.4. The monoisotopic (exact) mass is 323 g/mol. The smallest absolute Gasteiger partial charge is 0.255 e. The second kappa shape index (κ2) is 7.95. The average molecular weight is 323 g/mol. The Morgan fingerprint density at radius 2 is 1.88 bits per heavy atom. The van der Waals surface area contributed by atoms with E-state index in [-0.39, 0.29) is 11.8 Å². The summed E-state index contributed by atoms with van der Waals surface area (Å²) in [5.41, 5.74) is 1.92. The van der Waals surface area contributed by atoms with Crippen molar-refractivity contribution in [1.82, 2.24) is 10.3 Å². The van der Waals surface area contributed by atoms with Crippen LogP contribution in [0.2, 0.25) is 0 Å². The van der Waals surface area contributed by atoms with Crippen LogP contribution in [-0.4, -0.2) is 30.5 Å². The molecule has 4 heteroatoms. The van der Waals surface area contributed by atoms with Crippen molar-refractivity contribution in [2.24, 2.45) is 0 Å². The highest BCUT2D eigenvalue weighted by molar-refractivity contribution is 5.98. The molecule has 0 saturated carbocycles. The molecule has 0 bridgehead atoms. The fourth-order valence-electron chi connectivity index (χ4n) is 3.17. The van der Waals surface area contributed by atoms with Crippen molar-refractivity contribution < 1.29 is 4.79 Å². The zero-order chi connectivity index (χ0) is 16.8. The summed E-state index contributed by atoms with van der Waals surface area (Å²) in [5, 5.41) is 3.07. The molecule has 2 aromatic rings. The van der Waals surface area contributed by atoms with Crippen LogP contribution < -0.4 is 10.2 Å². The average Bonchev–Trinajstić information content (AvgIpc) is 2.67.